The number of hydrogen-bond donors (Lipinski definition) is 0. The standard InChI is InChI=1S/C28H46.2C2H6/c1-21(2)15-23(5)17-27(7,8)19-25-11-13-26(14-12-25)20-28(9,10)18-24(6)16-22(3)4;2*1-2/h11-16,21-22H,17-20H2,1-10H3;2*1-2H3/b23-15+,24-16+;;. The van der Waals surface area contributed by atoms with E-state index in [0.717, 1.165) is 12.8 Å². The van der Waals surface area contributed by atoms with Crippen LogP contribution in [0.1, 0.15) is 121 Å². The van der Waals surface area contributed by atoms with Crippen molar-refractivity contribution in [2.45, 2.75) is 123 Å². The van der Waals surface area contributed by atoms with E-state index in [4.69, 9.17) is 0 Å². The number of allylic oxidation sites excluding steroid dienone is 4. The van der Waals surface area contributed by atoms with Gasteiger partial charge in [-0.3, -0.25) is 0 Å². The third-order valence-corrected chi connectivity index (χ3v) is 5.14. The Bertz CT molecular complexity index is 589. The second-order valence-electron chi connectivity index (χ2n) is 11.4. The summed E-state index contributed by atoms with van der Waals surface area (Å²) in [4.78, 5) is 0. The van der Waals surface area contributed by atoms with Gasteiger partial charge in [0.05, 0.1) is 0 Å². The molecule has 32 heavy (non-hydrogen) atoms. The van der Waals surface area contributed by atoms with Gasteiger partial charge in [-0.05, 0) is 73.3 Å². The van der Waals surface area contributed by atoms with Crippen LogP contribution in [0.3, 0.4) is 0 Å². The molecule has 0 atom stereocenters. The fourth-order valence-corrected chi connectivity index (χ4v) is 4.77. The first-order valence-electron chi connectivity index (χ1n) is 13.2. The molecule has 186 valence electrons. The zero-order valence-corrected chi connectivity index (χ0v) is 24.4. The van der Waals surface area contributed by atoms with Gasteiger partial charge in [0.15, 0.2) is 0 Å². The third-order valence-electron chi connectivity index (χ3n) is 5.14. The van der Waals surface area contributed by atoms with Crippen LogP contribution in [-0.4, -0.2) is 0 Å². The van der Waals surface area contributed by atoms with Gasteiger partial charge in [0.25, 0.3) is 0 Å². The minimum Gasteiger partial charge on any atom is -0.0830 e. The van der Waals surface area contributed by atoms with Crippen LogP contribution in [0.15, 0.2) is 47.6 Å². The molecule has 0 bridgehead atoms. The average Bonchev–Trinajstić information content (AvgIpc) is 2.63. The molecular formula is C32H58. The Morgan fingerprint density at radius 2 is 0.875 bits per heavy atom. The molecule has 0 aliphatic heterocycles. The van der Waals surface area contributed by atoms with E-state index >= 15 is 0 Å². The van der Waals surface area contributed by atoms with E-state index < -0.39 is 0 Å². The van der Waals surface area contributed by atoms with Crippen molar-refractivity contribution in [2.75, 3.05) is 0 Å². The summed E-state index contributed by atoms with van der Waals surface area (Å²) in [6.45, 7) is 31.2. The summed E-state index contributed by atoms with van der Waals surface area (Å²) >= 11 is 0. The predicted molar refractivity (Wildman–Crippen MR) is 151 cm³/mol. The molecule has 1 rings (SSSR count). The molecule has 0 aliphatic rings. The van der Waals surface area contributed by atoms with Gasteiger partial charge >= 0.3 is 0 Å². The molecule has 0 heteroatoms. The monoisotopic (exact) mass is 442 g/mol. The van der Waals surface area contributed by atoms with Crippen LogP contribution < -0.4 is 0 Å². The Kier molecular flexibility index (Phi) is 16.8. The molecule has 0 unspecified atom stereocenters. The first-order valence-corrected chi connectivity index (χ1v) is 13.2. The van der Waals surface area contributed by atoms with Gasteiger partial charge in [0, 0.05) is 0 Å². The van der Waals surface area contributed by atoms with E-state index in [1.807, 2.05) is 27.7 Å². The average molecular weight is 443 g/mol. The fourth-order valence-electron chi connectivity index (χ4n) is 4.77. The summed E-state index contributed by atoms with van der Waals surface area (Å²) in [6, 6.07) is 9.41. The molecule has 0 saturated carbocycles. The molecular weight excluding hydrogens is 384 g/mol. The van der Waals surface area contributed by atoms with Crippen molar-refractivity contribution in [1.29, 1.82) is 0 Å². The zero-order chi connectivity index (χ0) is 25.5. The maximum absolute atomic E-state index is 2.41. The molecule has 0 saturated heterocycles. The lowest BCUT2D eigenvalue weighted by Crippen LogP contribution is -2.17. The van der Waals surface area contributed by atoms with Crippen molar-refractivity contribution >= 4 is 0 Å². The normalized spacial score (nSPS) is 12.9. The van der Waals surface area contributed by atoms with Crippen molar-refractivity contribution in [3.63, 3.8) is 0 Å². The van der Waals surface area contributed by atoms with Crippen LogP contribution in [0.25, 0.3) is 0 Å². The summed E-state index contributed by atoms with van der Waals surface area (Å²) < 4.78 is 0. The molecule has 1 aromatic rings. The zero-order valence-electron chi connectivity index (χ0n) is 24.4. The van der Waals surface area contributed by atoms with E-state index in [2.05, 4.69) is 106 Å². The first-order chi connectivity index (χ1) is 14.8. The van der Waals surface area contributed by atoms with Crippen LogP contribution >= 0.6 is 0 Å². The minimum atomic E-state index is 0.301. The minimum absolute atomic E-state index is 0.301. The van der Waals surface area contributed by atoms with E-state index in [1.54, 1.807) is 0 Å². The predicted octanol–water partition coefficient (Wildman–Crippen LogP) is 10.9. The molecule has 0 aliphatic carbocycles. The maximum atomic E-state index is 2.41. The molecule has 0 N–H and O–H groups in total. The lowest BCUT2D eigenvalue weighted by molar-refractivity contribution is 0.356. The summed E-state index contributed by atoms with van der Waals surface area (Å²) in [5.74, 6) is 1.27. The number of rotatable bonds is 10. The quantitative estimate of drug-likeness (QED) is 0.316. The molecule has 0 fully saturated rings. The van der Waals surface area contributed by atoms with Crippen LogP contribution in [0, 0.1) is 22.7 Å². The Labute approximate surface area is 204 Å². The SMILES string of the molecule is C/C(=C\C(C)C)CC(C)(C)Cc1ccc(CC(C)(C)C/C(C)=C/C(C)C)cc1.CC.CC. The van der Waals surface area contributed by atoms with Crippen molar-refractivity contribution in [3.05, 3.63) is 58.7 Å². The van der Waals surface area contributed by atoms with Gasteiger partial charge in [-0.25, -0.2) is 0 Å². The van der Waals surface area contributed by atoms with Gasteiger partial charge < -0.3 is 0 Å². The summed E-state index contributed by atoms with van der Waals surface area (Å²) in [5, 5.41) is 0. The number of benzene rings is 1. The maximum Gasteiger partial charge on any atom is -0.0224 e. The van der Waals surface area contributed by atoms with Crippen molar-refractivity contribution in [1.82, 2.24) is 0 Å². The van der Waals surface area contributed by atoms with Crippen molar-refractivity contribution in [3.8, 4) is 0 Å². The van der Waals surface area contributed by atoms with E-state index in [0.29, 0.717) is 22.7 Å². The first kappa shape index (κ1) is 32.9. The molecule has 0 radical (unpaired) electrons. The topological polar surface area (TPSA) is 0 Å². The Balaban J connectivity index is 0. The second kappa shape index (κ2) is 16.3. The lowest BCUT2D eigenvalue weighted by atomic mass is 9.78. The summed E-state index contributed by atoms with van der Waals surface area (Å²) in [5.41, 5.74) is 6.55. The largest absolute Gasteiger partial charge is 0.0830 e. The Morgan fingerprint density at radius 3 is 1.09 bits per heavy atom. The second-order valence-corrected chi connectivity index (χ2v) is 11.4. The van der Waals surface area contributed by atoms with Crippen LogP contribution in [0.5, 0.6) is 0 Å². The third kappa shape index (κ3) is 16.3. The highest BCUT2D eigenvalue weighted by Crippen LogP contribution is 2.32. The number of hydrogen-bond acceptors (Lipinski definition) is 0. The van der Waals surface area contributed by atoms with Crippen LogP contribution in [0.4, 0.5) is 0 Å². The van der Waals surface area contributed by atoms with Gasteiger partial charge in [0.1, 0.15) is 0 Å². The summed E-state index contributed by atoms with van der Waals surface area (Å²) in [6.07, 6.45) is 9.42. The van der Waals surface area contributed by atoms with Crippen LogP contribution in [-0.2, 0) is 12.8 Å². The van der Waals surface area contributed by atoms with E-state index in [-0.39, 0.29) is 0 Å². The Hall–Kier alpha value is -1.30. The molecule has 0 nitrogen and oxygen atoms in total. The highest BCUT2D eigenvalue weighted by atomic mass is 14.3. The highest BCUT2D eigenvalue weighted by Gasteiger charge is 2.21. The lowest BCUT2D eigenvalue weighted by Gasteiger charge is -2.27. The van der Waals surface area contributed by atoms with Gasteiger partial charge in [-0.2, -0.15) is 0 Å². The molecule has 1 aromatic carbocycles. The molecule has 0 amide bonds. The van der Waals surface area contributed by atoms with Crippen molar-refractivity contribution < 1.29 is 0 Å². The summed E-state index contributed by atoms with van der Waals surface area (Å²) in [7, 11) is 0. The van der Waals surface area contributed by atoms with Gasteiger partial charge in [0.2, 0.25) is 0 Å². The van der Waals surface area contributed by atoms with Crippen molar-refractivity contribution in [2.24, 2.45) is 22.7 Å². The molecule has 0 spiro atoms. The van der Waals surface area contributed by atoms with Gasteiger partial charge in [-0.15, -0.1) is 0 Å². The Morgan fingerprint density at radius 1 is 0.625 bits per heavy atom. The molecule has 0 aromatic heterocycles. The fraction of sp³-hybridized carbons (Fsp3) is 0.688. The smallest absolute Gasteiger partial charge is 0.0224 e. The van der Waals surface area contributed by atoms with E-state index in [9.17, 15) is 0 Å². The highest BCUT2D eigenvalue weighted by molar-refractivity contribution is 5.25. The molecule has 0 heterocycles. The van der Waals surface area contributed by atoms with Crippen LogP contribution in [0.2, 0.25) is 0 Å². The van der Waals surface area contributed by atoms with E-state index in [1.165, 1.54) is 35.1 Å². The van der Waals surface area contributed by atoms with Gasteiger partial charge in [-0.1, -0.05) is 131 Å².